The molecule has 4 heterocycles. The lowest BCUT2D eigenvalue weighted by molar-refractivity contribution is 0.343. The van der Waals surface area contributed by atoms with Crippen LogP contribution in [0, 0.1) is 0 Å². The normalized spacial score (nSPS) is 15.2. The number of fused-ring (bicyclic) bond motifs is 1. The van der Waals surface area contributed by atoms with E-state index < -0.39 is 7.14 Å². The molecule has 0 spiro atoms. The zero-order valence-electron chi connectivity index (χ0n) is 18.2. The summed E-state index contributed by atoms with van der Waals surface area (Å²) in [6.45, 7) is 5.57. The second-order valence-corrected chi connectivity index (χ2v) is 11.6. The number of nitrogens with one attached hydrogen (secondary N) is 4. The van der Waals surface area contributed by atoms with Crippen molar-refractivity contribution in [3.63, 3.8) is 0 Å². The lowest BCUT2D eigenvalue weighted by atomic mass is 10.1. The van der Waals surface area contributed by atoms with Crippen LogP contribution in [0.15, 0.2) is 48.9 Å². The quantitative estimate of drug-likeness (QED) is 0.331. The summed E-state index contributed by atoms with van der Waals surface area (Å²) >= 11 is 0. The zero-order chi connectivity index (χ0) is 22.1. The van der Waals surface area contributed by atoms with E-state index in [4.69, 9.17) is 4.98 Å². The number of H-pyrrole nitrogens is 1. The molecule has 0 saturated carbocycles. The topological polar surface area (TPSA) is 113 Å². The average Bonchev–Trinajstić information content (AvgIpc) is 3.44. The van der Waals surface area contributed by atoms with E-state index >= 15 is 0 Å². The van der Waals surface area contributed by atoms with E-state index in [2.05, 4.69) is 31.0 Å². The van der Waals surface area contributed by atoms with Gasteiger partial charge in [0.25, 0.3) is 0 Å². The Morgan fingerprint density at radius 3 is 2.72 bits per heavy atom. The van der Waals surface area contributed by atoms with Crippen LogP contribution in [0.1, 0.15) is 18.9 Å². The molecule has 5 rings (SSSR count). The Hall–Kier alpha value is -3.16. The van der Waals surface area contributed by atoms with Crippen molar-refractivity contribution in [1.82, 2.24) is 30.0 Å². The summed E-state index contributed by atoms with van der Waals surface area (Å²) in [5.41, 5.74) is 2.34. The number of anilines is 4. The first-order chi connectivity index (χ1) is 15.5. The molecule has 0 atom stereocenters. The molecule has 0 aliphatic carbocycles. The Balaban J connectivity index is 1.44. The molecule has 0 bridgehead atoms. The maximum Gasteiger partial charge on any atom is 0.231 e. The lowest BCUT2D eigenvalue weighted by Gasteiger charge is -2.22. The Kier molecular flexibility index (Phi) is 5.45. The number of rotatable bonds is 6. The fraction of sp³-hybridized carbons (Fsp3) is 0.318. The SMILES string of the molecule is CP(C)(=O)c1ccccc1Nc1nc(Nc2cnn(C3CCNCC3)c2)nc2[nH]ccc12. The van der Waals surface area contributed by atoms with Gasteiger partial charge in [0.1, 0.15) is 18.6 Å². The summed E-state index contributed by atoms with van der Waals surface area (Å²) in [7, 11) is -2.46. The molecule has 1 fully saturated rings. The van der Waals surface area contributed by atoms with E-state index in [9.17, 15) is 4.57 Å². The van der Waals surface area contributed by atoms with Gasteiger partial charge in [-0.05, 0) is 57.5 Å². The molecule has 1 aliphatic heterocycles. The third kappa shape index (κ3) is 4.26. The molecular formula is C22H27N8OP. The zero-order valence-corrected chi connectivity index (χ0v) is 19.1. The van der Waals surface area contributed by atoms with Crippen LogP contribution < -0.4 is 21.3 Å². The highest BCUT2D eigenvalue weighted by Crippen LogP contribution is 2.38. The van der Waals surface area contributed by atoms with Crippen LogP contribution >= 0.6 is 7.14 Å². The molecule has 166 valence electrons. The van der Waals surface area contributed by atoms with Gasteiger partial charge in [-0.1, -0.05) is 12.1 Å². The second kappa shape index (κ2) is 8.41. The Labute approximate surface area is 186 Å². The minimum absolute atomic E-state index is 0.408. The molecule has 1 aromatic carbocycles. The largest absolute Gasteiger partial charge is 0.346 e. The highest BCUT2D eigenvalue weighted by Gasteiger charge is 2.19. The first kappa shape index (κ1) is 20.7. The molecule has 0 unspecified atom stereocenters. The van der Waals surface area contributed by atoms with Crippen molar-refractivity contribution in [3.8, 4) is 0 Å². The van der Waals surface area contributed by atoms with Crippen LogP contribution in [0.25, 0.3) is 11.0 Å². The highest BCUT2D eigenvalue weighted by molar-refractivity contribution is 7.70. The predicted octanol–water partition coefficient (Wildman–Crippen LogP) is 3.81. The van der Waals surface area contributed by atoms with E-state index in [1.165, 1.54) is 0 Å². The van der Waals surface area contributed by atoms with Crippen molar-refractivity contribution >= 4 is 46.6 Å². The van der Waals surface area contributed by atoms with Gasteiger partial charge in [-0.25, -0.2) is 0 Å². The molecule has 4 N–H and O–H groups in total. The molecule has 1 saturated heterocycles. The van der Waals surface area contributed by atoms with Gasteiger partial charge in [-0.3, -0.25) is 4.68 Å². The Morgan fingerprint density at radius 1 is 1.09 bits per heavy atom. The van der Waals surface area contributed by atoms with Crippen molar-refractivity contribution < 1.29 is 4.57 Å². The molecule has 0 radical (unpaired) electrons. The molecule has 10 heteroatoms. The Bertz CT molecular complexity index is 1280. The first-order valence-corrected chi connectivity index (χ1v) is 13.4. The van der Waals surface area contributed by atoms with E-state index in [0.29, 0.717) is 23.5 Å². The van der Waals surface area contributed by atoms with E-state index in [1.54, 1.807) is 19.5 Å². The van der Waals surface area contributed by atoms with Gasteiger partial charge in [0.2, 0.25) is 5.95 Å². The van der Waals surface area contributed by atoms with Gasteiger partial charge in [0.15, 0.2) is 0 Å². The molecule has 32 heavy (non-hydrogen) atoms. The summed E-state index contributed by atoms with van der Waals surface area (Å²) in [6, 6.07) is 9.98. The van der Waals surface area contributed by atoms with Gasteiger partial charge in [-0.2, -0.15) is 15.1 Å². The van der Waals surface area contributed by atoms with Gasteiger partial charge >= 0.3 is 0 Å². The van der Waals surface area contributed by atoms with Crippen molar-refractivity contribution in [2.24, 2.45) is 0 Å². The monoisotopic (exact) mass is 450 g/mol. The predicted molar refractivity (Wildman–Crippen MR) is 129 cm³/mol. The van der Waals surface area contributed by atoms with Crippen LogP contribution in [0.3, 0.4) is 0 Å². The van der Waals surface area contributed by atoms with Crippen LogP contribution in [-0.2, 0) is 4.57 Å². The molecular weight excluding hydrogens is 423 g/mol. The summed E-state index contributed by atoms with van der Waals surface area (Å²) in [6.07, 6.45) is 7.78. The number of nitrogens with zero attached hydrogens (tertiary/aromatic N) is 4. The number of aromatic nitrogens is 5. The third-order valence-corrected chi connectivity index (χ3v) is 7.24. The molecule has 1 aliphatic rings. The number of piperidine rings is 1. The van der Waals surface area contributed by atoms with Gasteiger partial charge in [-0.15, -0.1) is 0 Å². The average molecular weight is 450 g/mol. The maximum absolute atomic E-state index is 12.8. The minimum Gasteiger partial charge on any atom is -0.346 e. The fourth-order valence-corrected chi connectivity index (χ4v) is 5.23. The van der Waals surface area contributed by atoms with E-state index in [0.717, 1.165) is 48.0 Å². The number of para-hydroxylation sites is 1. The summed E-state index contributed by atoms with van der Waals surface area (Å²) < 4.78 is 14.8. The molecule has 0 amide bonds. The number of hydrogen-bond acceptors (Lipinski definition) is 7. The standard InChI is InChI=1S/C22H27N8OP/c1-32(2,31)19-6-4-3-5-18(19)27-21-17-9-12-24-20(17)28-22(29-21)26-15-13-25-30(14-15)16-7-10-23-11-8-16/h3-6,9,12-14,16,23H,7-8,10-11H2,1-2H3,(H3,24,26,27,28,29). The lowest BCUT2D eigenvalue weighted by Crippen LogP contribution is -2.29. The summed E-state index contributed by atoms with van der Waals surface area (Å²) in [4.78, 5) is 12.5. The van der Waals surface area contributed by atoms with Gasteiger partial charge < -0.3 is 25.5 Å². The number of benzene rings is 1. The summed E-state index contributed by atoms with van der Waals surface area (Å²) in [5.74, 6) is 1.10. The molecule has 9 nitrogen and oxygen atoms in total. The van der Waals surface area contributed by atoms with Crippen molar-refractivity contribution in [3.05, 3.63) is 48.9 Å². The highest BCUT2D eigenvalue weighted by atomic mass is 31.2. The molecule has 4 aromatic rings. The van der Waals surface area contributed by atoms with E-state index in [-0.39, 0.29) is 0 Å². The van der Waals surface area contributed by atoms with Crippen molar-refractivity contribution in [2.75, 3.05) is 37.1 Å². The summed E-state index contributed by atoms with van der Waals surface area (Å²) in [5, 5.41) is 16.2. The minimum atomic E-state index is -2.46. The number of aromatic amines is 1. The van der Waals surface area contributed by atoms with Crippen molar-refractivity contribution in [2.45, 2.75) is 18.9 Å². The first-order valence-electron chi connectivity index (χ1n) is 10.8. The van der Waals surface area contributed by atoms with E-state index in [1.807, 2.05) is 47.4 Å². The van der Waals surface area contributed by atoms with Crippen LogP contribution in [0.5, 0.6) is 0 Å². The molecule has 3 aromatic heterocycles. The van der Waals surface area contributed by atoms with Crippen LogP contribution in [0.2, 0.25) is 0 Å². The van der Waals surface area contributed by atoms with Crippen LogP contribution in [-0.4, -0.2) is 51.2 Å². The van der Waals surface area contributed by atoms with Crippen molar-refractivity contribution in [1.29, 1.82) is 0 Å². The number of hydrogen-bond donors (Lipinski definition) is 4. The van der Waals surface area contributed by atoms with Gasteiger partial charge in [0, 0.05) is 17.7 Å². The van der Waals surface area contributed by atoms with Gasteiger partial charge in [0.05, 0.1) is 29.0 Å². The smallest absolute Gasteiger partial charge is 0.231 e. The second-order valence-electron chi connectivity index (χ2n) is 8.44. The fourth-order valence-electron chi connectivity index (χ4n) is 4.07. The third-order valence-electron chi connectivity index (χ3n) is 5.69. The maximum atomic E-state index is 12.8. The Morgan fingerprint density at radius 2 is 1.91 bits per heavy atom. The van der Waals surface area contributed by atoms with Crippen LogP contribution in [0.4, 0.5) is 23.1 Å².